The Bertz CT molecular complexity index is 1220. The van der Waals surface area contributed by atoms with Crippen LogP contribution in [-0.2, 0) is 14.8 Å². The zero-order valence-corrected chi connectivity index (χ0v) is 20.2. The molecule has 0 aliphatic heterocycles. The fraction of sp³-hybridized carbons (Fsp3) is 0.240. The third-order valence-electron chi connectivity index (χ3n) is 5.17. The lowest BCUT2D eigenvalue weighted by molar-refractivity contribution is -0.114. The van der Waals surface area contributed by atoms with Crippen LogP contribution in [0.1, 0.15) is 36.5 Å². The predicted molar refractivity (Wildman–Crippen MR) is 131 cm³/mol. The second-order valence-electron chi connectivity index (χ2n) is 8.05. The van der Waals surface area contributed by atoms with Gasteiger partial charge in [0.2, 0.25) is 5.91 Å². The van der Waals surface area contributed by atoms with Crippen molar-refractivity contribution in [3.05, 3.63) is 88.4 Å². The highest BCUT2D eigenvalue weighted by molar-refractivity contribution is 7.92. The zero-order valence-electron chi connectivity index (χ0n) is 18.6. The van der Waals surface area contributed by atoms with Gasteiger partial charge in [-0.2, -0.15) is 0 Å². The molecule has 0 bridgehead atoms. The van der Waals surface area contributed by atoms with Gasteiger partial charge in [0.1, 0.15) is 6.54 Å². The van der Waals surface area contributed by atoms with E-state index in [0.29, 0.717) is 10.7 Å². The molecule has 5 nitrogen and oxygen atoms in total. The van der Waals surface area contributed by atoms with Crippen LogP contribution in [-0.4, -0.2) is 20.9 Å². The molecule has 7 heteroatoms. The summed E-state index contributed by atoms with van der Waals surface area (Å²) in [6.07, 6.45) is 0. The van der Waals surface area contributed by atoms with Crippen molar-refractivity contribution >= 4 is 38.9 Å². The first-order valence-corrected chi connectivity index (χ1v) is 12.2. The summed E-state index contributed by atoms with van der Waals surface area (Å²) in [7, 11) is -4.00. The van der Waals surface area contributed by atoms with Gasteiger partial charge in [0.25, 0.3) is 10.0 Å². The van der Waals surface area contributed by atoms with E-state index >= 15 is 0 Å². The Morgan fingerprint density at radius 3 is 2.28 bits per heavy atom. The highest BCUT2D eigenvalue weighted by Crippen LogP contribution is 2.29. The van der Waals surface area contributed by atoms with Crippen molar-refractivity contribution in [3.63, 3.8) is 0 Å². The van der Waals surface area contributed by atoms with Gasteiger partial charge in [-0.05, 0) is 72.9 Å². The van der Waals surface area contributed by atoms with Crippen molar-refractivity contribution in [3.8, 4) is 0 Å². The summed E-state index contributed by atoms with van der Waals surface area (Å²) in [5.74, 6) is -0.212. The minimum absolute atomic E-state index is 0.0648. The van der Waals surface area contributed by atoms with Crippen LogP contribution in [0.4, 0.5) is 11.4 Å². The Hall–Kier alpha value is -2.83. The number of nitrogens with one attached hydrogen (secondary N) is 1. The van der Waals surface area contributed by atoms with Gasteiger partial charge in [0.05, 0.1) is 10.6 Å². The average molecular weight is 471 g/mol. The lowest BCUT2D eigenvalue weighted by Crippen LogP contribution is -2.38. The van der Waals surface area contributed by atoms with Gasteiger partial charge in [-0.15, -0.1) is 0 Å². The van der Waals surface area contributed by atoms with Crippen molar-refractivity contribution < 1.29 is 13.2 Å². The lowest BCUT2D eigenvalue weighted by Gasteiger charge is -2.25. The summed E-state index contributed by atoms with van der Waals surface area (Å²) in [4.78, 5) is 13.2. The number of hydrogen-bond donors (Lipinski definition) is 1. The molecule has 1 amide bonds. The van der Waals surface area contributed by atoms with E-state index in [1.54, 1.807) is 18.2 Å². The van der Waals surface area contributed by atoms with Crippen molar-refractivity contribution in [1.82, 2.24) is 0 Å². The van der Waals surface area contributed by atoms with Crippen LogP contribution in [0.3, 0.4) is 0 Å². The molecule has 0 saturated heterocycles. The van der Waals surface area contributed by atoms with Crippen molar-refractivity contribution in [2.24, 2.45) is 0 Å². The summed E-state index contributed by atoms with van der Waals surface area (Å²) in [5.41, 5.74) is 3.96. The van der Waals surface area contributed by atoms with Crippen molar-refractivity contribution in [2.75, 3.05) is 16.2 Å². The molecule has 168 valence electrons. The topological polar surface area (TPSA) is 66.5 Å². The first-order valence-electron chi connectivity index (χ1n) is 10.3. The van der Waals surface area contributed by atoms with Crippen molar-refractivity contribution in [1.29, 1.82) is 0 Å². The van der Waals surface area contributed by atoms with E-state index in [1.807, 2.05) is 38.1 Å². The molecular weight excluding hydrogens is 444 g/mol. The molecule has 0 unspecified atom stereocenters. The van der Waals surface area contributed by atoms with E-state index < -0.39 is 15.9 Å². The molecule has 32 heavy (non-hydrogen) atoms. The number of carbonyl (C=O) groups is 1. The lowest BCUT2D eigenvalue weighted by atomic mass is 9.98. The second-order valence-corrected chi connectivity index (χ2v) is 10.3. The third kappa shape index (κ3) is 5.31. The average Bonchev–Trinajstić information content (AvgIpc) is 2.73. The van der Waals surface area contributed by atoms with Crippen LogP contribution < -0.4 is 9.62 Å². The summed E-state index contributed by atoms with van der Waals surface area (Å²) < 4.78 is 28.1. The van der Waals surface area contributed by atoms with E-state index in [4.69, 9.17) is 11.6 Å². The maximum atomic E-state index is 13.5. The number of aryl methyl sites for hydroxylation is 2. The largest absolute Gasteiger partial charge is 0.324 e. The van der Waals surface area contributed by atoms with Crippen LogP contribution in [0.2, 0.25) is 5.02 Å². The maximum Gasteiger partial charge on any atom is 0.264 e. The van der Waals surface area contributed by atoms with Crippen LogP contribution in [0.25, 0.3) is 0 Å². The van der Waals surface area contributed by atoms with E-state index in [1.165, 1.54) is 24.3 Å². The maximum absolute atomic E-state index is 13.5. The van der Waals surface area contributed by atoms with Gasteiger partial charge >= 0.3 is 0 Å². The molecule has 0 atom stereocenters. The monoisotopic (exact) mass is 470 g/mol. The molecule has 0 radical (unpaired) electrons. The van der Waals surface area contributed by atoms with Gasteiger partial charge < -0.3 is 5.32 Å². The van der Waals surface area contributed by atoms with E-state index in [-0.39, 0.29) is 17.4 Å². The number of anilines is 2. The number of nitrogens with zero attached hydrogens (tertiary/aromatic N) is 1. The summed E-state index contributed by atoms with van der Waals surface area (Å²) in [6, 6.07) is 18.8. The first kappa shape index (κ1) is 23.8. The summed E-state index contributed by atoms with van der Waals surface area (Å²) in [5, 5.41) is 3.38. The quantitative estimate of drug-likeness (QED) is 0.466. The molecule has 0 saturated carbocycles. The fourth-order valence-electron chi connectivity index (χ4n) is 3.48. The molecule has 3 aromatic rings. The molecule has 0 fully saturated rings. The predicted octanol–water partition coefficient (Wildman–Crippen LogP) is 5.91. The standard InChI is InChI=1S/C25H27ClN2O3S/c1-17(2)23-10-6-8-19(4)25(23)27-24(29)16-28(21-9-5-7-18(3)15-21)32(30,31)22-13-11-20(26)12-14-22/h5-15,17H,16H2,1-4H3,(H,27,29). The Morgan fingerprint density at radius 1 is 1.00 bits per heavy atom. The molecule has 0 spiro atoms. The Morgan fingerprint density at radius 2 is 1.66 bits per heavy atom. The number of benzene rings is 3. The number of halogens is 1. The summed E-state index contributed by atoms with van der Waals surface area (Å²) >= 11 is 5.94. The number of amides is 1. The van der Waals surface area contributed by atoms with Crippen LogP contribution in [0.5, 0.6) is 0 Å². The van der Waals surface area contributed by atoms with Gasteiger partial charge in [-0.25, -0.2) is 8.42 Å². The Balaban J connectivity index is 1.99. The molecular formula is C25H27ClN2O3S. The number of carbonyl (C=O) groups excluding carboxylic acids is 1. The van der Waals surface area contributed by atoms with E-state index in [9.17, 15) is 13.2 Å². The molecule has 0 aromatic heterocycles. The fourth-order valence-corrected chi connectivity index (χ4v) is 5.02. The van der Waals surface area contributed by atoms with E-state index in [2.05, 4.69) is 19.2 Å². The minimum Gasteiger partial charge on any atom is -0.324 e. The highest BCUT2D eigenvalue weighted by Gasteiger charge is 2.28. The summed E-state index contributed by atoms with van der Waals surface area (Å²) in [6.45, 7) is 7.53. The van der Waals surface area contributed by atoms with Gasteiger partial charge in [0.15, 0.2) is 0 Å². The molecule has 3 rings (SSSR count). The normalized spacial score (nSPS) is 11.4. The van der Waals surface area contributed by atoms with Gasteiger partial charge in [-0.3, -0.25) is 9.10 Å². The van der Waals surface area contributed by atoms with Gasteiger partial charge in [0, 0.05) is 10.7 Å². The highest BCUT2D eigenvalue weighted by atomic mass is 35.5. The Labute approximate surface area is 195 Å². The van der Waals surface area contributed by atoms with Crippen LogP contribution in [0, 0.1) is 13.8 Å². The molecule has 3 aromatic carbocycles. The van der Waals surface area contributed by atoms with Gasteiger partial charge in [-0.1, -0.05) is 55.8 Å². The Kier molecular flexibility index (Phi) is 7.26. The smallest absolute Gasteiger partial charge is 0.264 e. The minimum atomic E-state index is -4.00. The SMILES string of the molecule is Cc1cccc(N(CC(=O)Nc2c(C)cccc2C(C)C)S(=O)(=O)c2ccc(Cl)cc2)c1. The number of rotatable bonds is 7. The zero-order chi connectivity index (χ0) is 23.5. The van der Waals surface area contributed by atoms with Crippen LogP contribution >= 0.6 is 11.6 Å². The molecule has 0 aliphatic carbocycles. The molecule has 0 aliphatic rings. The second kappa shape index (κ2) is 9.76. The number of hydrogen-bond acceptors (Lipinski definition) is 3. The number of para-hydroxylation sites is 1. The first-order chi connectivity index (χ1) is 15.1. The molecule has 0 heterocycles. The molecule has 1 N–H and O–H groups in total. The third-order valence-corrected chi connectivity index (χ3v) is 7.21. The number of sulfonamides is 1. The van der Waals surface area contributed by atoms with Crippen molar-refractivity contribution in [2.45, 2.75) is 38.5 Å². The van der Waals surface area contributed by atoms with E-state index in [0.717, 1.165) is 26.7 Å². The van der Waals surface area contributed by atoms with Crippen LogP contribution in [0.15, 0.2) is 71.6 Å².